The summed E-state index contributed by atoms with van der Waals surface area (Å²) in [4.78, 5) is 16.0. The van der Waals surface area contributed by atoms with Crippen molar-refractivity contribution >= 4 is 17.6 Å². The quantitative estimate of drug-likeness (QED) is 0.470. The lowest BCUT2D eigenvalue weighted by atomic mass is 10.0. The number of nitrogens with zero attached hydrogens (tertiary/aromatic N) is 2. The number of rotatable bonds is 4. The van der Waals surface area contributed by atoms with Crippen molar-refractivity contribution in [2.24, 2.45) is 0 Å². The van der Waals surface area contributed by atoms with Gasteiger partial charge in [-0.25, -0.2) is 14.0 Å². The van der Waals surface area contributed by atoms with E-state index in [4.69, 9.17) is 11.3 Å². The number of halogens is 1. The zero-order valence-corrected chi connectivity index (χ0v) is 18.4. The molecule has 0 aliphatic rings. The highest BCUT2D eigenvalue weighted by atomic mass is 19.1. The fourth-order valence-corrected chi connectivity index (χ4v) is 3.55. The van der Waals surface area contributed by atoms with E-state index in [-0.39, 0.29) is 5.82 Å². The van der Waals surface area contributed by atoms with Crippen LogP contribution in [0.5, 0.6) is 0 Å². The first-order valence-electron chi connectivity index (χ1n) is 10.0. The second kappa shape index (κ2) is 8.65. The van der Waals surface area contributed by atoms with Gasteiger partial charge in [-0.15, -0.1) is 0 Å². The summed E-state index contributed by atoms with van der Waals surface area (Å²) in [5.41, 5.74) is 4.61. The third-order valence-electron chi connectivity index (χ3n) is 4.93. The minimum absolute atomic E-state index is 0.295. The molecule has 1 N–H and O–H groups in total. The smallest absolute Gasteiger partial charge is 0.413 e. The number of nitrogens with one attached hydrogen (secondary N) is 1. The van der Waals surface area contributed by atoms with Crippen LogP contribution in [0.1, 0.15) is 37.6 Å². The molecule has 3 rings (SSSR count). The lowest BCUT2D eigenvalue weighted by Crippen LogP contribution is -2.28. The summed E-state index contributed by atoms with van der Waals surface area (Å²) in [6.07, 6.45) is -0.539. The molecule has 1 heterocycles. The molecule has 0 saturated heterocycles. The van der Waals surface area contributed by atoms with Crippen LogP contribution in [0.3, 0.4) is 0 Å². The van der Waals surface area contributed by atoms with Crippen molar-refractivity contribution in [2.45, 2.75) is 46.8 Å². The first kappa shape index (κ1) is 22.1. The summed E-state index contributed by atoms with van der Waals surface area (Å²) in [5.74, 6) is 0.331. The van der Waals surface area contributed by atoms with Crippen LogP contribution >= 0.6 is 0 Å². The molecule has 3 aromatic rings. The summed E-state index contributed by atoms with van der Waals surface area (Å²) < 4.78 is 20.8. The Balaban J connectivity index is 2.08. The van der Waals surface area contributed by atoms with Crippen molar-refractivity contribution < 1.29 is 13.9 Å². The van der Waals surface area contributed by atoms with Gasteiger partial charge in [0.05, 0.1) is 6.57 Å². The summed E-state index contributed by atoms with van der Waals surface area (Å²) >= 11 is 0. The number of amides is 1. The summed E-state index contributed by atoms with van der Waals surface area (Å²) in [6, 6.07) is 13.7. The molecule has 0 aliphatic heterocycles. The van der Waals surface area contributed by atoms with Gasteiger partial charge in [0.15, 0.2) is 5.69 Å². The van der Waals surface area contributed by atoms with Crippen molar-refractivity contribution in [1.29, 1.82) is 0 Å². The van der Waals surface area contributed by atoms with Gasteiger partial charge in [0.25, 0.3) is 0 Å². The fourth-order valence-electron chi connectivity index (χ4n) is 3.55. The Kier molecular flexibility index (Phi) is 6.16. The van der Waals surface area contributed by atoms with E-state index >= 15 is 0 Å². The van der Waals surface area contributed by atoms with E-state index in [0.29, 0.717) is 18.1 Å². The highest BCUT2D eigenvalue weighted by Gasteiger charge is 2.23. The number of carbonyl (C=O) groups is 1. The van der Waals surface area contributed by atoms with Crippen LogP contribution in [-0.4, -0.2) is 16.3 Å². The van der Waals surface area contributed by atoms with Gasteiger partial charge in [0, 0.05) is 17.8 Å². The standard InChI is InChI=1S/C25H26FN3O2/c1-16-22(19-9-13-21(27-6)14-10-19)17(2)29(15-18-7-11-20(26)12-8-18)23(16)28-24(30)31-25(3,4)5/h7-14H,15H2,1-5H3,(H,28,30). The largest absolute Gasteiger partial charge is 0.444 e. The van der Waals surface area contributed by atoms with E-state index in [1.807, 2.05) is 51.3 Å². The van der Waals surface area contributed by atoms with Gasteiger partial charge in [0.1, 0.15) is 17.2 Å². The predicted molar refractivity (Wildman–Crippen MR) is 121 cm³/mol. The monoisotopic (exact) mass is 419 g/mol. The van der Waals surface area contributed by atoms with Crippen molar-refractivity contribution in [1.82, 2.24) is 4.57 Å². The molecular weight excluding hydrogens is 393 g/mol. The van der Waals surface area contributed by atoms with Gasteiger partial charge in [-0.2, -0.15) is 0 Å². The Hall–Kier alpha value is -3.59. The van der Waals surface area contributed by atoms with Crippen LogP contribution < -0.4 is 5.32 Å². The molecular formula is C25H26FN3O2. The Morgan fingerprint density at radius 1 is 1.10 bits per heavy atom. The summed E-state index contributed by atoms with van der Waals surface area (Å²) in [6.45, 7) is 17.0. The van der Waals surface area contributed by atoms with E-state index in [9.17, 15) is 9.18 Å². The molecule has 6 heteroatoms. The van der Waals surface area contributed by atoms with Crippen LogP contribution in [0.2, 0.25) is 0 Å². The Labute approximate surface area is 182 Å². The number of aromatic nitrogens is 1. The SMILES string of the molecule is [C-]#[N+]c1ccc(-c2c(C)c(NC(=O)OC(C)(C)C)n(Cc3ccc(F)cc3)c2C)cc1. The van der Waals surface area contributed by atoms with Gasteiger partial charge in [0.2, 0.25) is 0 Å². The van der Waals surface area contributed by atoms with Crippen LogP contribution in [0.25, 0.3) is 16.0 Å². The third-order valence-corrected chi connectivity index (χ3v) is 4.93. The Bertz CT molecular complexity index is 1130. The highest BCUT2D eigenvalue weighted by molar-refractivity contribution is 5.88. The molecule has 0 unspecified atom stereocenters. The average Bonchev–Trinajstić information content (AvgIpc) is 2.92. The maximum absolute atomic E-state index is 13.4. The van der Waals surface area contributed by atoms with E-state index in [1.54, 1.807) is 24.3 Å². The molecule has 0 bridgehead atoms. The number of benzene rings is 2. The number of hydrogen-bond acceptors (Lipinski definition) is 2. The van der Waals surface area contributed by atoms with Crippen LogP contribution in [-0.2, 0) is 11.3 Å². The van der Waals surface area contributed by atoms with Crippen LogP contribution in [0.15, 0.2) is 48.5 Å². The number of ether oxygens (including phenoxy) is 1. The molecule has 0 fully saturated rings. The second-order valence-corrected chi connectivity index (χ2v) is 8.43. The summed E-state index contributed by atoms with van der Waals surface area (Å²) in [5, 5.41) is 2.90. The average molecular weight is 420 g/mol. The lowest BCUT2D eigenvalue weighted by Gasteiger charge is -2.21. The molecule has 1 aromatic heterocycles. The van der Waals surface area contributed by atoms with Crippen molar-refractivity contribution in [3.8, 4) is 11.1 Å². The normalized spacial score (nSPS) is 11.1. The fraction of sp³-hybridized carbons (Fsp3) is 0.280. The first-order chi connectivity index (χ1) is 14.6. The lowest BCUT2D eigenvalue weighted by molar-refractivity contribution is 0.0634. The van der Waals surface area contributed by atoms with Crippen LogP contribution in [0, 0.1) is 26.2 Å². The van der Waals surface area contributed by atoms with Crippen molar-refractivity contribution in [3.05, 3.63) is 82.6 Å². The molecule has 0 radical (unpaired) electrons. The molecule has 0 aliphatic carbocycles. The topological polar surface area (TPSA) is 47.6 Å². The predicted octanol–water partition coefficient (Wildman–Crippen LogP) is 6.86. The van der Waals surface area contributed by atoms with E-state index in [0.717, 1.165) is 27.9 Å². The number of carbonyl (C=O) groups excluding carboxylic acids is 1. The first-order valence-corrected chi connectivity index (χ1v) is 10.0. The zero-order chi connectivity index (χ0) is 22.8. The third kappa shape index (κ3) is 5.13. The van der Waals surface area contributed by atoms with Gasteiger partial charge in [-0.3, -0.25) is 5.32 Å². The number of anilines is 1. The van der Waals surface area contributed by atoms with Gasteiger partial charge in [-0.1, -0.05) is 36.4 Å². The van der Waals surface area contributed by atoms with Gasteiger partial charge in [-0.05, 0) is 63.4 Å². The van der Waals surface area contributed by atoms with E-state index in [1.165, 1.54) is 12.1 Å². The van der Waals surface area contributed by atoms with Crippen LogP contribution in [0.4, 0.5) is 20.7 Å². The van der Waals surface area contributed by atoms with Gasteiger partial charge < -0.3 is 9.30 Å². The molecule has 0 atom stereocenters. The van der Waals surface area contributed by atoms with E-state index in [2.05, 4.69) is 10.2 Å². The second-order valence-electron chi connectivity index (χ2n) is 8.43. The molecule has 5 nitrogen and oxygen atoms in total. The summed E-state index contributed by atoms with van der Waals surface area (Å²) in [7, 11) is 0. The minimum atomic E-state index is -0.625. The molecule has 2 aromatic carbocycles. The maximum Gasteiger partial charge on any atom is 0.413 e. The maximum atomic E-state index is 13.4. The highest BCUT2D eigenvalue weighted by Crippen LogP contribution is 2.36. The molecule has 1 amide bonds. The Morgan fingerprint density at radius 2 is 1.71 bits per heavy atom. The van der Waals surface area contributed by atoms with Crippen molar-refractivity contribution in [2.75, 3.05) is 5.32 Å². The Morgan fingerprint density at radius 3 is 2.26 bits per heavy atom. The van der Waals surface area contributed by atoms with Gasteiger partial charge >= 0.3 is 6.09 Å². The minimum Gasteiger partial charge on any atom is -0.444 e. The molecule has 0 spiro atoms. The van der Waals surface area contributed by atoms with E-state index < -0.39 is 11.7 Å². The molecule has 0 saturated carbocycles. The number of hydrogen-bond donors (Lipinski definition) is 1. The molecule has 31 heavy (non-hydrogen) atoms. The molecule has 160 valence electrons. The van der Waals surface area contributed by atoms with Crippen molar-refractivity contribution in [3.63, 3.8) is 0 Å². The zero-order valence-electron chi connectivity index (χ0n) is 18.4.